The fraction of sp³-hybridized carbons (Fsp3) is 0.867. The van der Waals surface area contributed by atoms with Crippen LogP contribution in [0.2, 0.25) is 0 Å². The van der Waals surface area contributed by atoms with Gasteiger partial charge >= 0.3 is 5.97 Å². The lowest BCUT2D eigenvalue weighted by atomic mass is 10.0. The van der Waals surface area contributed by atoms with E-state index in [2.05, 4.69) is 43.5 Å². The van der Waals surface area contributed by atoms with Gasteiger partial charge in [-0.2, -0.15) is 0 Å². The van der Waals surface area contributed by atoms with Gasteiger partial charge < -0.3 is 20.3 Å². The topological polar surface area (TPSA) is 95.9 Å². The number of allylic oxidation sites excluding steroid dienone is 5. The maximum Gasteiger partial charge on any atom is 0.305 e. The van der Waals surface area contributed by atoms with Gasteiger partial charge in [-0.1, -0.05) is 269 Å². The smallest absolute Gasteiger partial charge is 0.305 e. The number of esters is 1. The first-order valence-electron chi connectivity index (χ1n) is 29.3. The molecule has 0 aliphatic heterocycles. The number of ether oxygens (including phenoxy) is 1. The first-order chi connectivity index (χ1) is 32.5. The molecule has 0 heterocycles. The van der Waals surface area contributed by atoms with Crippen molar-refractivity contribution < 1.29 is 24.5 Å². The predicted molar refractivity (Wildman–Crippen MR) is 287 cm³/mol. The molecule has 66 heavy (non-hydrogen) atoms. The van der Waals surface area contributed by atoms with E-state index in [-0.39, 0.29) is 18.5 Å². The largest absolute Gasteiger partial charge is 0.466 e. The molecule has 0 aromatic rings. The molecule has 1 amide bonds. The van der Waals surface area contributed by atoms with Gasteiger partial charge in [0.25, 0.3) is 0 Å². The zero-order chi connectivity index (χ0) is 47.9. The molecule has 0 saturated carbocycles. The van der Waals surface area contributed by atoms with Crippen molar-refractivity contribution in [2.24, 2.45) is 0 Å². The van der Waals surface area contributed by atoms with E-state index >= 15 is 0 Å². The van der Waals surface area contributed by atoms with E-state index in [1.165, 1.54) is 231 Å². The van der Waals surface area contributed by atoms with Crippen LogP contribution in [-0.4, -0.2) is 47.4 Å². The van der Waals surface area contributed by atoms with Crippen molar-refractivity contribution in [3.05, 3.63) is 36.5 Å². The Morgan fingerprint density at radius 1 is 0.424 bits per heavy atom. The van der Waals surface area contributed by atoms with Gasteiger partial charge in [0, 0.05) is 12.8 Å². The molecule has 2 unspecified atom stereocenters. The van der Waals surface area contributed by atoms with E-state index in [9.17, 15) is 19.8 Å². The van der Waals surface area contributed by atoms with Gasteiger partial charge in [0.15, 0.2) is 0 Å². The summed E-state index contributed by atoms with van der Waals surface area (Å²) in [4.78, 5) is 24.5. The van der Waals surface area contributed by atoms with Gasteiger partial charge in [0.05, 0.1) is 25.4 Å². The number of aliphatic hydroxyl groups is 2. The number of rotatable bonds is 54. The maximum atomic E-state index is 12.5. The Bertz CT molecular complexity index is 1070. The van der Waals surface area contributed by atoms with E-state index in [1.54, 1.807) is 6.08 Å². The van der Waals surface area contributed by atoms with Crippen LogP contribution in [0.25, 0.3) is 0 Å². The fourth-order valence-electron chi connectivity index (χ4n) is 8.90. The maximum absolute atomic E-state index is 12.5. The van der Waals surface area contributed by atoms with Crippen LogP contribution < -0.4 is 5.32 Å². The molecule has 6 heteroatoms. The van der Waals surface area contributed by atoms with Gasteiger partial charge in [-0.05, 0) is 64.2 Å². The molecule has 6 nitrogen and oxygen atoms in total. The lowest BCUT2D eigenvalue weighted by Crippen LogP contribution is -2.45. The lowest BCUT2D eigenvalue weighted by Gasteiger charge is -2.20. The molecule has 0 aromatic heterocycles. The quantitative estimate of drug-likeness (QED) is 0.0321. The van der Waals surface area contributed by atoms with Crippen LogP contribution in [-0.2, 0) is 14.3 Å². The number of carbonyl (C=O) groups is 2. The van der Waals surface area contributed by atoms with E-state index in [1.807, 2.05) is 6.08 Å². The van der Waals surface area contributed by atoms with Crippen LogP contribution in [0.1, 0.15) is 309 Å². The summed E-state index contributed by atoms with van der Waals surface area (Å²) < 4.78 is 5.47. The molecule has 0 saturated heterocycles. The van der Waals surface area contributed by atoms with Gasteiger partial charge in [-0.25, -0.2) is 0 Å². The second kappa shape index (κ2) is 55.7. The second-order valence-electron chi connectivity index (χ2n) is 20.0. The third kappa shape index (κ3) is 51.5. The van der Waals surface area contributed by atoms with Crippen LogP contribution in [0.5, 0.6) is 0 Å². The van der Waals surface area contributed by atoms with Crippen molar-refractivity contribution in [3.8, 4) is 0 Å². The highest BCUT2D eigenvalue weighted by Crippen LogP contribution is 2.17. The summed E-state index contributed by atoms with van der Waals surface area (Å²) in [6.45, 7) is 4.88. The Hall–Kier alpha value is -1.92. The molecule has 0 fully saturated rings. The molecular weight excluding hydrogens is 815 g/mol. The van der Waals surface area contributed by atoms with Crippen LogP contribution in [0.3, 0.4) is 0 Å². The first kappa shape index (κ1) is 64.1. The average molecular weight is 929 g/mol. The van der Waals surface area contributed by atoms with Crippen LogP contribution in [0, 0.1) is 0 Å². The highest BCUT2D eigenvalue weighted by molar-refractivity contribution is 5.76. The fourth-order valence-corrected chi connectivity index (χ4v) is 8.90. The van der Waals surface area contributed by atoms with Crippen molar-refractivity contribution in [2.45, 2.75) is 321 Å². The van der Waals surface area contributed by atoms with Gasteiger partial charge in [-0.3, -0.25) is 9.59 Å². The molecule has 0 radical (unpaired) electrons. The van der Waals surface area contributed by atoms with Crippen LogP contribution >= 0.6 is 0 Å². The van der Waals surface area contributed by atoms with Crippen LogP contribution in [0.4, 0.5) is 0 Å². The second-order valence-corrected chi connectivity index (χ2v) is 20.0. The SMILES string of the molecule is CCCCCC/C=C\C/C=C\CCCCCCCC(=O)OCCCCCCCCCCCCCCCCCCCCC(=O)NC(CO)C(O)/C=C/CCCCCCCCCCCCCCC. The highest BCUT2D eigenvalue weighted by atomic mass is 16.5. The molecule has 2 atom stereocenters. The Morgan fingerprint density at radius 2 is 0.758 bits per heavy atom. The monoisotopic (exact) mass is 928 g/mol. The lowest BCUT2D eigenvalue weighted by molar-refractivity contribution is -0.143. The summed E-state index contributed by atoms with van der Waals surface area (Å²) >= 11 is 0. The van der Waals surface area contributed by atoms with Gasteiger partial charge in [-0.15, -0.1) is 0 Å². The molecule has 388 valence electrons. The molecule has 0 aromatic carbocycles. The standard InChI is InChI=1S/C60H113NO5/c1-3-5-7-9-11-13-15-17-19-26-30-34-38-42-46-50-54-60(65)66-55-51-47-43-39-35-31-27-23-21-20-22-25-29-33-37-41-45-49-53-59(64)61-57(56-62)58(63)52-48-44-40-36-32-28-24-18-16-14-12-10-8-6-4-2/h13,15,19,26,48,52,57-58,62-63H,3-12,14,16-18,20-25,27-47,49-51,53-56H2,1-2H3,(H,61,64)/b15-13-,26-19-,52-48+. The van der Waals surface area contributed by atoms with Crippen molar-refractivity contribution >= 4 is 11.9 Å². The van der Waals surface area contributed by atoms with Crippen molar-refractivity contribution in [2.75, 3.05) is 13.2 Å². The number of hydrogen-bond donors (Lipinski definition) is 3. The summed E-state index contributed by atoms with van der Waals surface area (Å²) in [5.74, 6) is -0.0787. The van der Waals surface area contributed by atoms with Crippen molar-refractivity contribution in [1.82, 2.24) is 5.32 Å². The van der Waals surface area contributed by atoms with E-state index < -0.39 is 12.1 Å². The Labute approximate surface area is 411 Å². The van der Waals surface area contributed by atoms with Gasteiger partial charge in [0.1, 0.15) is 0 Å². The minimum Gasteiger partial charge on any atom is -0.466 e. The van der Waals surface area contributed by atoms with Crippen LogP contribution in [0.15, 0.2) is 36.5 Å². The Balaban J connectivity index is 3.44. The summed E-state index contributed by atoms with van der Waals surface area (Å²) in [5.41, 5.74) is 0. The molecule has 0 bridgehead atoms. The molecule has 0 aliphatic carbocycles. The predicted octanol–water partition coefficient (Wildman–Crippen LogP) is 18.0. The summed E-state index contributed by atoms with van der Waals surface area (Å²) in [6, 6.07) is -0.631. The molecule has 3 N–H and O–H groups in total. The van der Waals surface area contributed by atoms with E-state index in [4.69, 9.17) is 4.74 Å². The normalized spacial score (nSPS) is 12.8. The summed E-state index contributed by atoms with van der Waals surface area (Å²) in [6.07, 6.45) is 68.7. The number of carbonyl (C=O) groups excluding carboxylic acids is 2. The third-order valence-corrected chi connectivity index (χ3v) is 13.4. The number of unbranched alkanes of at least 4 members (excludes halogenated alkanes) is 39. The summed E-state index contributed by atoms with van der Waals surface area (Å²) in [7, 11) is 0. The molecule has 0 spiro atoms. The van der Waals surface area contributed by atoms with E-state index in [0.717, 1.165) is 51.4 Å². The number of nitrogens with one attached hydrogen (secondary N) is 1. The highest BCUT2D eigenvalue weighted by Gasteiger charge is 2.18. The van der Waals surface area contributed by atoms with Crippen molar-refractivity contribution in [1.29, 1.82) is 0 Å². The Kier molecular flexibility index (Phi) is 54.1. The minimum atomic E-state index is -0.847. The molecular formula is C60H113NO5. The number of amides is 1. The average Bonchev–Trinajstić information content (AvgIpc) is 3.32. The first-order valence-corrected chi connectivity index (χ1v) is 29.3. The third-order valence-electron chi connectivity index (χ3n) is 13.4. The zero-order valence-corrected chi connectivity index (χ0v) is 44.2. The summed E-state index contributed by atoms with van der Waals surface area (Å²) in [5, 5.41) is 23.1. The Morgan fingerprint density at radius 3 is 1.17 bits per heavy atom. The molecule has 0 rings (SSSR count). The minimum absolute atomic E-state index is 0.00709. The number of hydrogen-bond acceptors (Lipinski definition) is 5. The number of aliphatic hydroxyl groups excluding tert-OH is 2. The zero-order valence-electron chi connectivity index (χ0n) is 44.2. The van der Waals surface area contributed by atoms with Gasteiger partial charge in [0.2, 0.25) is 5.91 Å². The molecule has 0 aliphatic rings. The van der Waals surface area contributed by atoms with Crippen molar-refractivity contribution in [3.63, 3.8) is 0 Å². The van der Waals surface area contributed by atoms with E-state index in [0.29, 0.717) is 19.4 Å².